The van der Waals surface area contributed by atoms with Crippen LogP contribution >= 0.6 is 0 Å². The summed E-state index contributed by atoms with van der Waals surface area (Å²) in [6.45, 7) is 8.82. The third kappa shape index (κ3) is 3.30. The number of nitrogens with zero attached hydrogens (tertiary/aromatic N) is 2. The molecule has 2 aromatic rings. The lowest BCUT2D eigenvalue weighted by atomic mass is 9.94. The van der Waals surface area contributed by atoms with E-state index in [2.05, 4.69) is 56.3 Å². The third-order valence-electron chi connectivity index (χ3n) is 4.03. The van der Waals surface area contributed by atoms with E-state index in [0.29, 0.717) is 5.92 Å². The molecule has 0 saturated heterocycles. The molecule has 2 nitrogen and oxygen atoms in total. The van der Waals surface area contributed by atoms with Gasteiger partial charge in [0, 0.05) is 6.20 Å². The molecule has 0 saturated carbocycles. The first kappa shape index (κ1) is 14.8. The maximum absolute atomic E-state index is 4.60. The smallest absolute Gasteiger partial charge is 0.0683 e. The fourth-order valence-corrected chi connectivity index (χ4v) is 2.51. The molecular weight excluding hydrogens is 244 g/mol. The third-order valence-corrected chi connectivity index (χ3v) is 4.03. The van der Waals surface area contributed by atoms with Gasteiger partial charge in [-0.05, 0) is 55.4 Å². The van der Waals surface area contributed by atoms with Crippen LogP contribution < -0.4 is 0 Å². The van der Waals surface area contributed by atoms with Crippen molar-refractivity contribution in [2.75, 3.05) is 0 Å². The average Bonchev–Trinajstić information content (AvgIpc) is 2.90. The van der Waals surface area contributed by atoms with Gasteiger partial charge in [0.25, 0.3) is 0 Å². The predicted octanol–water partition coefficient (Wildman–Crippen LogP) is 5.04. The Labute approximate surface area is 122 Å². The second-order valence-electron chi connectivity index (χ2n) is 5.71. The Morgan fingerprint density at radius 2 is 2.00 bits per heavy atom. The maximum Gasteiger partial charge on any atom is 0.0683 e. The fourth-order valence-electron chi connectivity index (χ4n) is 2.51. The maximum atomic E-state index is 4.60. The van der Waals surface area contributed by atoms with Crippen molar-refractivity contribution in [2.24, 2.45) is 0 Å². The SMILES string of the molecule is CCCCc1ccc(C(C)CC)c(-n2ccc(C)n2)c1. The van der Waals surface area contributed by atoms with Gasteiger partial charge in [-0.25, -0.2) is 4.68 Å². The van der Waals surface area contributed by atoms with Crippen molar-refractivity contribution < 1.29 is 0 Å². The molecule has 0 aliphatic heterocycles. The molecule has 0 spiro atoms. The van der Waals surface area contributed by atoms with Gasteiger partial charge >= 0.3 is 0 Å². The average molecular weight is 270 g/mol. The first-order valence-corrected chi connectivity index (χ1v) is 7.81. The topological polar surface area (TPSA) is 17.8 Å². The van der Waals surface area contributed by atoms with Gasteiger partial charge in [-0.15, -0.1) is 0 Å². The summed E-state index contributed by atoms with van der Waals surface area (Å²) in [6, 6.07) is 8.98. The van der Waals surface area contributed by atoms with Gasteiger partial charge in [0.05, 0.1) is 11.4 Å². The summed E-state index contributed by atoms with van der Waals surface area (Å²) in [4.78, 5) is 0. The Kier molecular flexibility index (Phi) is 4.99. The van der Waals surface area contributed by atoms with Crippen LogP contribution in [0.2, 0.25) is 0 Å². The van der Waals surface area contributed by atoms with Crippen LogP contribution in [0.3, 0.4) is 0 Å². The van der Waals surface area contributed by atoms with Gasteiger partial charge < -0.3 is 0 Å². The van der Waals surface area contributed by atoms with E-state index in [4.69, 9.17) is 0 Å². The van der Waals surface area contributed by atoms with Gasteiger partial charge in [-0.3, -0.25) is 0 Å². The lowest BCUT2D eigenvalue weighted by Crippen LogP contribution is -2.04. The summed E-state index contributed by atoms with van der Waals surface area (Å²) >= 11 is 0. The second kappa shape index (κ2) is 6.74. The van der Waals surface area contributed by atoms with Crippen LogP contribution in [0.1, 0.15) is 62.8 Å². The Balaban J connectivity index is 2.42. The zero-order chi connectivity index (χ0) is 14.5. The van der Waals surface area contributed by atoms with E-state index in [1.165, 1.54) is 29.7 Å². The number of rotatable bonds is 6. The molecule has 2 rings (SSSR count). The minimum absolute atomic E-state index is 0.565. The van der Waals surface area contributed by atoms with E-state index >= 15 is 0 Å². The molecule has 2 heteroatoms. The molecule has 0 fully saturated rings. The van der Waals surface area contributed by atoms with Gasteiger partial charge in [0.15, 0.2) is 0 Å². The van der Waals surface area contributed by atoms with Crippen LogP contribution in [0.4, 0.5) is 0 Å². The van der Waals surface area contributed by atoms with E-state index in [1.807, 2.05) is 11.6 Å². The number of aryl methyl sites for hydroxylation is 2. The summed E-state index contributed by atoms with van der Waals surface area (Å²) < 4.78 is 2.03. The quantitative estimate of drug-likeness (QED) is 0.719. The molecular formula is C18H26N2. The molecule has 1 heterocycles. The normalized spacial score (nSPS) is 12.6. The molecule has 0 aliphatic carbocycles. The largest absolute Gasteiger partial charge is 0.240 e. The number of hydrogen-bond acceptors (Lipinski definition) is 1. The highest BCUT2D eigenvalue weighted by atomic mass is 15.3. The Morgan fingerprint density at radius 1 is 1.20 bits per heavy atom. The summed E-state index contributed by atoms with van der Waals surface area (Å²) in [5.41, 5.74) is 5.14. The molecule has 108 valence electrons. The summed E-state index contributed by atoms with van der Waals surface area (Å²) in [6.07, 6.45) is 6.87. The van der Waals surface area contributed by atoms with Crippen LogP contribution in [0, 0.1) is 6.92 Å². The van der Waals surface area contributed by atoms with Crippen molar-refractivity contribution in [3.05, 3.63) is 47.3 Å². The zero-order valence-electron chi connectivity index (χ0n) is 13.2. The zero-order valence-corrected chi connectivity index (χ0v) is 13.2. The van der Waals surface area contributed by atoms with E-state index in [0.717, 1.165) is 18.5 Å². The van der Waals surface area contributed by atoms with Crippen LogP contribution in [-0.2, 0) is 6.42 Å². The summed E-state index contributed by atoms with van der Waals surface area (Å²) in [5, 5.41) is 4.60. The molecule has 0 radical (unpaired) electrons. The number of aromatic nitrogens is 2. The number of unbranched alkanes of at least 4 members (excludes halogenated alkanes) is 1. The second-order valence-corrected chi connectivity index (χ2v) is 5.71. The highest BCUT2D eigenvalue weighted by molar-refractivity contribution is 5.45. The highest BCUT2D eigenvalue weighted by Gasteiger charge is 2.12. The first-order chi connectivity index (χ1) is 9.65. The summed E-state index contributed by atoms with van der Waals surface area (Å²) in [5.74, 6) is 0.565. The van der Waals surface area contributed by atoms with E-state index < -0.39 is 0 Å². The fraction of sp³-hybridized carbons (Fsp3) is 0.500. The lowest BCUT2D eigenvalue weighted by molar-refractivity contribution is 0.713. The molecule has 0 N–H and O–H groups in total. The van der Waals surface area contributed by atoms with Gasteiger partial charge in [0.1, 0.15) is 0 Å². The standard InChI is InChI=1S/C18H26N2/c1-5-7-8-16-9-10-17(14(3)6-2)18(13-16)20-12-11-15(4)19-20/h9-14H,5-8H2,1-4H3. The van der Waals surface area contributed by atoms with Crippen molar-refractivity contribution in [1.29, 1.82) is 0 Å². The van der Waals surface area contributed by atoms with Crippen LogP contribution in [-0.4, -0.2) is 9.78 Å². The molecule has 1 atom stereocenters. The van der Waals surface area contributed by atoms with Crippen LogP contribution in [0.5, 0.6) is 0 Å². The van der Waals surface area contributed by atoms with Crippen molar-refractivity contribution in [3.8, 4) is 5.69 Å². The Bertz CT molecular complexity index is 554. The van der Waals surface area contributed by atoms with Crippen molar-refractivity contribution >= 4 is 0 Å². The molecule has 0 bridgehead atoms. The van der Waals surface area contributed by atoms with Gasteiger partial charge in [0.2, 0.25) is 0 Å². The lowest BCUT2D eigenvalue weighted by Gasteiger charge is -2.16. The molecule has 1 aromatic carbocycles. The minimum Gasteiger partial charge on any atom is -0.240 e. The molecule has 0 aliphatic rings. The Morgan fingerprint density at radius 3 is 2.60 bits per heavy atom. The summed E-state index contributed by atoms with van der Waals surface area (Å²) in [7, 11) is 0. The molecule has 0 amide bonds. The number of benzene rings is 1. The number of hydrogen-bond donors (Lipinski definition) is 0. The molecule has 1 unspecified atom stereocenters. The highest BCUT2D eigenvalue weighted by Crippen LogP contribution is 2.27. The molecule has 1 aromatic heterocycles. The van der Waals surface area contributed by atoms with Gasteiger partial charge in [-0.2, -0.15) is 5.10 Å². The Hall–Kier alpha value is -1.57. The van der Waals surface area contributed by atoms with Crippen molar-refractivity contribution in [3.63, 3.8) is 0 Å². The van der Waals surface area contributed by atoms with E-state index in [9.17, 15) is 0 Å². The predicted molar refractivity (Wildman–Crippen MR) is 85.6 cm³/mol. The van der Waals surface area contributed by atoms with Gasteiger partial charge in [-0.1, -0.05) is 39.3 Å². The van der Waals surface area contributed by atoms with E-state index in [1.54, 1.807) is 0 Å². The van der Waals surface area contributed by atoms with Crippen LogP contribution in [0.15, 0.2) is 30.5 Å². The minimum atomic E-state index is 0.565. The van der Waals surface area contributed by atoms with Crippen molar-refractivity contribution in [2.45, 2.75) is 59.3 Å². The van der Waals surface area contributed by atoms with E-state index in [-0.39, 0.29) is 0 Å². The van der Waals surface area contributed by atoms with Crippen LogP contribution in [0.25, 0.3) is 5.69 Å². The first-order valence-electron chi connectivity index (χ1n) is 7.81. The van der Waals surface area contributed by atoms with Crippen molar-refractivity contribution in [1.82, 2.24) is 9.78 Å². The molecule has 20 heavy (non-hydrogen) atoms. The monoisotopic (exact) mass is 270 g/mol.